The molecule has 0 aliphatic carbocycles. The van der Waals surface area contributed by atoms with Gasteiger partial charge >= 0.3 is 0 Å². The van der Waals surface area contributed by atoms with Crippen LogP contribution in [0.25, 0.3) is 0 Å². The number of aryl methyl sites for hydroxylation is 1. The van der Waals surface area contributed by atoms with E-state index in [0.29, 0.717) is 11.4 Å². The second-order valence-corrected chi connectivity index (χ2v) is 5.30. The summed E-state index contributed by atoms with van der Waals surface area (Å²) < 4.78 is 1.71. The number of carbonyl (C=O) groups excluding carboxylic acids is 2. The fourth-order valence-corrected chi connectivity index (χ4v) is 2.10. The van der Waals surface area contributed by atoms with Crippen LogP contribution in [0.2, 0.25) is 0 Å². The molecular weight excluding hydrogens is 280 g/mol. The summed E-state index contributed by atoms with van der Waals surface area (Å²) in [5.41, 5.74) is 1.45. The molecule has 2 N–H and O–H groups in total. The van der Waals surface area contributed by atoms with Crippen molar-refractivity contribution in [3.05, 3.63) is 47.7 Å². The van der Waals surface area contributed by atoms with Crippen molar-refractivity contribution < 1.29 is 9.59 Å². The van der Waals surface area contributed by atoms with E-state index in [0.717, 1.165) is 5.56 Å². The van der Waals surface area contributed by atoms with E-state index in [1.807, 2.05) is 32.9 Å². The van der Waals surface area contributed by atoms with Crippen molar-refractivity contribution in [1.29, 1.82) is 0 Å². The Bertz CT molecular complexity index is 676. The lowest BCUT2D eigenvalue weighted by Crippen LogP contribution is -2.33. The molecule has 1 heterocycles. The van der Waals surface area contributed by atoms with Crippen molar-refractivity contribution in [3.63, 3.8) is 0 Å². The Hall–Kier alpha value is -2.63. The van der Waals surface area contributed by atoms with E-state index in [4.69, 9.17) is 0 Å². The first-order valence-corrected chi connectivity index (χ1v) is 7.16. The van der Waals surface area contributed by atoms with Gasteiger partial charge in [-0.1, -0.05) is 18.2 Å². The lowest BCUT2D eigenvalue weighted by molar-refractivity contribution is -0.115. The number of rotatable bonds is 5. The minimum absolute atomic E-state index is 0.0869. The molecular formula is C16H20N4O2. The molecule has 116 valence electrons. The van der Waals surface area contributed by atoms with Crippen LogP contribution in [0, 0.1) is 6.92 Å². The van der Waals surface area contributed by atoms with Gasteiger partial charge in [0.15, 0.2) is 0 Å². The van der Waals surface area contributed by atoms with E-state index in [1.165, 1.54) is 0 Å². The maximum Gasteiger partial charge on any atom is 0.251 e. The predicted molar refractivity (Wildman–Crippen MR) is 84.8 cm³/mol. The van der Waals surface area contributed by atoms with E-state index in [-0.39, 0.29) is 24.4 Å². The van der Waals surface area contributed by atoms with Crippen LogP contribution in [-0.4, -0.2) is 28.1 Å². The van der Waals surface area contributed by atoms with E-state index in [2.05, 4.69) is 15.7 Å². The number of benzene rings is 1. The molecule has 0 spiro atoms. The summed E-state index contributed by atoms with van der Waals surface area (Å²) in [7, 11) is 0. The van der Waals surface area contributed by atoms with Crippen molar-refractivity contribution in [3.8, 4) is 0 Å². The van der Waals surface area contributed by atoms with Gasteiger partial charge < -0.3 is 10.6 Å². The van der Waals surface area contributed by atoms with E-state index in [1.54, 1.807) is 29.1 Å². The summed E-state index contributed by atoms with van der Waals surface area (Å²) in [6, 6.07) is 9.12. The van der Waals surface area contributed by atoms with Crippen molar-refractivity contribution >= 4 is 17.6 Å². The third-order valence-electron chi connectivity index (χ3n) is 3.23. The first kappa shape index (κ1) is 15.8. The summed E-state index contributed by atoms with van der Waals surface area (Å²) in [6.45, 7) is 5.72. The molecule has 0 atom stereocenters. The van der Waals surface area contributed by atoms with Crippen LogP contribution in [0.1, 0.15) is 35.8 Å². The fraction of sp³-hybridized carbons (Fsp3) is 0.312. The van der Waals surface area contributed by atoms with Crippen LogP contribution < -0.4 is 10.6 Å². The number of hydrogen-bond acceptors (Lipinski definition) is 3. The summed E-state index contributed by atoms with van der Waals surface area (Å²) in [4.78, 5) is 24.0. The topological polar surface area (TPSA) is 76.0 Å². The quantitative estimate of drug-likeness (QED) is 0.888. The van der Waals surface area contributed by atoms with Crippen molar-refractivity contribution in [2.75, 3.05) is 11.9 Å². The molecule has 0 unspecified atom stereocenters. The van der Waals surface area contributed by atoms with Gasteiger partial charge in [-0.05, 0) is 32.4 Å². The second-order valence-electron chi connectivity index (χ2n) is 5.30. The van der Waals surface area contributed by atoms with Gasteiger partial charge in [-0.3, -0.25) is 9.59 Å². The molecule has 2 rings (SSSR count). The first-order chi connectivity index (χ1) is 10.5. The zero-order valence-electron chi connectivity index (χ0n) is 13.0. The zero-order chi connectivity index (χ0) is 16.1. The molecule has 0 aliphatic rings. The van der Waals surface area contributed by atoms with Crippen LogP contribution in [0.4, 0.5) is 5.82 Å². The number of nitrogens with zero attached hydrogens (tertiary/aromatic N) is 2. The highest BCUT2D eigenvalue weighted by molar-refractivity contribution is 5.99. The Morgan fingerprint density at radius 2 is 1.95 bits per heavy atom. The van der Waals surface area contributed by atoms with Gasteiger partial charge in [-0.2, -0.15) is 5.10 Å². The average Bonchev–Trinajstić information content (AvgIpc) is 2.93. The summed E-state index contributed by atoms with van der Waals surface area (Å²) in [6.07, 6.45) is 1.63. The standard InChI is InChI=1S/C16H20N4O2/c1-11(2)20-14(8-9-18-20)19-15(21)10-17-16(22)13-7-5-4-6-12(13)3/h4-9,11H,10H2,1-3H3,(H,17,22)(H,19,21). The van der Waals surface area contributed by atoms with E-state index in [9.17, 15) is 9.59 Å². The van der Waals surface area contributed by atoms with E-state index >= 15 is 0 Å². The minimum atomic E-state index is -0.288. The molecule has 6 nitrogen and oxygen atoms in total. The maximum absolute atomic E-state index is 12.0. The Labute approximate surface area is 129 Å². The second kappa shape index (κ2) is 6.89. The number of amides is 2. The molecule has 2 aromatic rings. The van der Waals surface area contributed by atoms with Crippen LogP contribution in [0.5, 0.6) is 0 Å². The van der Waals surface area contributed by atoms with Gasteiger partial charge in [0.2, 0.25) is 5.91 Å². The van der Waals surface area contributed by atoms with Gasteiger partial charge in [0.1, 0.15) is 5.82 Å². The smallest absolute Gasteiger partial charge is 0.251 e. The lowest BCUT2D eigenvalue weighted by atomic mass is 10.1. The zero-order valence-corrected chi connectivity index (χ0v) is 13.0. The van der Waals surface area contributed by atoms with Crippen LogP contribution >= 0.6 is 0 Å². The molecule has 0 bridgehead atoms. The maximum atomic E-state index is 12.0. The normalized spacial score (nSPS) is 10.5. The average molecular weight is 300 g/mol. The molecule has 1 aromatic carbocycles. The monoisotopic (exact) mass is 300 g/mol. The highest BCUT2D eigenvalue weighted by Crippen LogP contribution is 2.12. The van der Waals surface area contributed by atoms with Gasteiger partial charge in [0.05, 0.1) is 12.7 Å². The van der Waals surface area contributed by atoms with Gasteiger partial charge in [0, 0.05) is 17.7 Å². The predicted octanol–water partition coefficient (Wildman–Crippen LogP) is 2.14. The number of nitrogens with one attached hydrogen (secondary N) is 2. The molecule has 6 heteroatoms. The highest BCUT2D eigenvalue weighted by Gasteiger charge is 2.12. The summed E-state index contributed by atoms with van der Waals surface area (Å²) in [5, 5.41) is 9.50. The van der Waals surface area contributed by atoms with Gasteiger partial charge in [-0.25, -0.2) is 4.68 Å². The van der Waals surface area contributed by atoms with Crippen molar-refractivity contribution in [2.24, 2.45) is 0 Å². The molecule has 0 saturated carbocycles. The Morgan fingerprint density at radius 1 is 1.23 bits per heavy atom. The number of hydrogen-bond donors (Lipinski definition) is 2. The number of anilines is 1. The molecule has 0 fully saturated rings. The number of aromatic nitrogens is 2. The van der Waals surface area contributed by atoms with E-state index < -0.39 is 0 Å². The van der Waals surface area contributed by atoms with Crippen LogP contribution in [-0.2, 0) is 4.79 Å². The SMILES string of the molecule is Cc1ccccc1C(=O)NCC(=O)Nc1ccnn1C(C)C. The minimum Gasteiger partial charge on any atom is -0.343 e. The van der Waals surface area contributed by atoms with Crippen LogP contribution in [0.15, 0.2) is 36.5 Å². The summed E-state index contributed by atoms with van der Waals surface area (Å²) in [5.74, 6) is 0.0695. The highest BCUT2D eigenvalue weighted by atomic mass is 16.2. The Balaban J connectivity index is 1.92. The van der Waals surface area contributed by atoms with Crippen molar-refractivity contribution in [2.45, 2.75) is 26.8 Å². The Morgan fingerprint density at radius 3 is 2.64 bits per heavy atom. The molecule has 22 heavy (non-hydrogen) atoms. The first-order valence-electron chi connectivity index (χ1n) is 7.16. The molecule has 0 aliphatic heterocycles. The summed E-state index contributed by atoms with van der Waals surface area (Å²) >= 11 is 0. The van der Waals surface area contributed by atoms with Crippen LogP contribution in [0.3, 0.4) is 0 Å². The molecule has 0 saturated heterocycles. The van der Waals surface area contributed by atoms with Gasteiger partial charge in [0.25, 0.3) is 5.91 Å². The third-order valence-corrected chi connectivity index (χ3v) is 3.23. The molecule has 1 aromatic heterocycles. The van der Waals surface area contributed by atoms with Crippen molar-refractivity contribution in [1.82, 2.24) is 15.1 Å². The lowest BCUT2D eigenvalue weighted by Gasteiger charge is -2.12. The van der Waals surface area contributed by atoms with Gasteiger partial charge in [-0.15, -0.1) is 0 Å². The fourth-order valence-electron chi connectivity index (χ4n) is 2.10. The number of carbonyl (C=O) groups is 2. The molecule has 2 amide bonds. The Kier molecular flexibility index (Phi) is 4.93. The molecule has 0 radical (unpaired) electrons. The third kappa shape index (κ3) is 3.72. The largest absolute Gasteiger partial charge is 0.343 e.